The summed E-state index contributed by atoms with van der Waals surface area (Å²) in [5, 5.41) is 2.99. The summed E-state index contributed by atoms with van der Waals surface area (Å²) in [6.45, 7) is 9.13. The SMILES string of the molecule is CC(=O)N(CCC(=O)NCCC1=CCCCC1)c1ccc(C(C)(C)C)cc1. The second-order valence-corrected chi connectivity index (χ2v) is 8.43. The van der Waals surface area contributed by atoms with Gasteiger partial charge in [0.05, 0.1) is 0 Å². The van der Waals surface area contributed by atoms with E-state index in [1.807, 2.05) is 12.1 Å². The van der Waals surface area contributed by atoms with Crippen LogP contribution in [-0.2, 0) is 15.0 Å². The Hall–Kier alpha value is -2.10. The highest BCUT2D eigenvalue weighted by atomic mass is 16.2. The number of nitrogens with zero attached hydrogens (tertiary/aromatic N) is 1. The lowest BCUT2D eigenvalue weighted by molar-refractivity contribution is -0.121. The maximum Gasteiger partial charge on any atom is 0.223 e. The summed E-state index contributed by atoms with van der Waals surface area (Å²) in [4.78, 5) is 25.9. The normalized spacial score (nSPS) is 14.4. The summed E-state index contributed by atoms with van der Waals surface area (Å²) in [6.07, 6.45) is 8.46. The van der Waals surface area contributed by atoms with Gasteiger partial charge in [0, 0.05) is 32.1 Å². The minimum atomic E-state index is -0.0429. The maximum atomic E-state index is 12.2. The average molecular weight is 371 g/mol. The van der Waals surface area contributed by atoms with Crippen molar-refractivity contribution in [3.63, 3.8) is 0 Å². The summed E-state index contributed by atoms with van der Waals surface area (Å²) in [7, 11) is 0. The van der Waals surface area contributed by atoms with Gasteiger partial charge < -0.3 is 10.2 Å². The first-order valence-corrected chi connectivity index (χ1v) is 10.1. The number of benzene rings is 1. The van der Waals surface area contributed by atoms with E-state index in [9.17, 15) is 9.59 Å². The second kappa shape index (κ2) is 9.72. The lowest BCUT2D eigenvalue weighted by Crippen LogP contribution is -2.34. The van der Waals surface area contributed by atoms with Crippen molar-refractivity contribution in [2.45, 2.75) is 71.6 Å². The molecule has 0 saturated carbocycles. The van der Waals surface area contributed by atoms with E-state index in [1.165, 1.54) is 36.8 Å². The van der Waals surface area contributed by atoms with Crippen molar-refractivity contribution in [1.29, 1.82) is 0 Å². The van der Waals surface area contributed by atoms with Gasteiger partial charge in [-0.2, -0.15) is 0 Å². The lowest BCUT2D eigenvalue weighted by Gasteiger charge is -2.24. The maximum absolute atomic E-state index is 12.2. The van der Waals surface area contributed by atoms with Gasteiger partial charge in [-0.25, -0.2) is 0 Å². The first-order valence-electron chi connectivity index (χ1n) is 10.1. The number of carbonyl (C=O) groups is 2. The highest BCUT2D eigenvalue weighted by Crippen LogP contribution is 2.25. The third-order valence-electron chi connectivity index (χ3n) is 5.14. The van der Waals surface area contributed by atoms with Gasteiger partial charge in [0.1, 0.15) is 0 Å². The standard InChI is InChI=1S/C23H34N2O2/c1-18(26)25(21-12-10-20(11-13-21)23(2,3)4)17-15-22(27)24-16-14-19-8-6-5-7-9-19/h8,10-13H,5-7,9,14-17H2,1-4H3,(H,24,27). The van der Waals surface area contributed by atoms with E-state index >= 15 is 0 Å². The van der Waals surface area contributed by atoms with Gasteiger partial charge in [0.15, 0.2) is 0 Å². The molecule has 0 atom stereocenters. The highest BCUT2D eigenvalue weighted by molar-refractivity contribution is 5.92. The monoisotopic (exact) mass is 370 g/mol. The zero-order valence-corrected chi connectivity index (χ0v) is 17.3. The van der Waals surface area contributed by atoms with Crippen molar-refractivity contribution in [2.75, 3.05) is 18.0 Å². The second-order valence-electron chi connectivity index (χ2n) is 8.43. The molecule has 0 radical (unpaired) electrons. The Kier molecular flexibility index (Phi) is 7.64. The van der Waals surface area contributed by atoms with Gasteiger partial charge in [0.25, 0.3) is 0 Å². The number of carbonyl (C=O) groups excluding carboxylic acids is 2. The number of hydrogen-bond donors (Lipinski definition) is 1. The zero-order chi connectivity index (χ0) is 19.9. The Balaban J connectivity index is 1.84. The lowest BCUT2D eigenvalue weighted by atomic mass is 9.87. The van der Waals surface area contributed by atoms with Crippen LogP contribution in [0.3, 0.4) is 0 Å². The number of rotatable bonds is 7. The van der Waals surface area contributed by atoms with Crippen LogP contribution in [0.2, 0.25) is 0 Å². The third kappa shape index (κ3) is 6.85. The summed E-state index contributed by atoms with van der Waals surface area (Å²) in [6, 6.07) is 8.05. The van der Waals surface area contributed by atoms with Crippen LogP contribution in [0, 0.1) is 0 Å². The summed E-state index contributed by atoms with van der Waals surface area (Å²) in [5.41, 5.74) is 3.61. The largest absolute Gasteiger partial charge is 0.356 e. The molecule has 0 fully saturated rings. The van der Waals surface area contributed by atoms with Crippen molar-refractivity contribution < 1.29 is 9.59 Å². The van der Waals surface area contributed by atoms with Crippen LogP contribution in [0.4, 0.5) is 5.69 Å². The van der Waals surface area contributed by atoms with Crippen LogP contribution >= 0.6 is 0 Å². The molecule has 0 bridgehead atoms. The molecule has 1 aromatic rings. The van der Waals surface area contributed by atoms with E-state index in [1.54, 1.807) is 11.8 Å². The molecule has 2 rings (SSSR count). The fourth-order valence-corrected chi connectivity index (χ4v) is 3.41. The van der Waals surface area contributed by atoms with Crippen molar-refractivity contribution in [1.82, 2.24) is 5.32 Å². The molecule has 4 nitrogen and oxygen atoms in total. The molecular formula is C23H34N2O2. The van der Waals surface area contributed by atoms with E-state index in [2.05, 4.69) is 44.3 Å². The summed E-state index contributed by atoms with van der Waals surface area (Å²) in [5.74, 6) is -0.0392. The summed E-state index contributed by atoms with van der Waals surface area (Å²) < 4.78 is 0. The Morgan fingerprint density at radius 3 is 2.37 bits per heavy atom. The van der Waals surface area contributed by atoms with Crippen molar-refractivity contribution in [2.24, 2.45) is 0 Å². The quantitative estimate of drug-likeness (QED) is 0.705. The minimum absolute atomic E-state index is 0.00368. The summed E-state index contributed by atoms with van der Waals surface area (Å²) >= 11 is 0. The number of anilines is 1. The predicted octanol–water partition coefficient (Wildman–Crippen LogP) is 4.73. The Morgan fingerprint density at radius 1 is 1.11 bits per heavy atom. The van der Waals surface area contributed by atoms with Crippen molar-refractivity contribution >= 4 is 17.5 Å². The van der Waals surface area contributed by atoms with Crippen LogP contribution in [-0.4, -0.2) is 24.9 Å². The highest BCUT2D eigenvalue weighted by Gasteiger charge is 2.16. The van der Waals surface area contributed by atoms with Crippen LogP contribution in [0.15, 0.2) is 35.9 Å². The Bertz CT molecular complexity index is 669. The van der Waals surface area contributed by atoms with Crippen LogP contribution in [0.25, 0.3) is 0 Å². The molecule has 0 aromatic heterocycles. The van der Waals surface area contributed by atoms with E-state index in [0.717, 1.165) is 12.1 Å². The first-order chi connectivity index (χ1) is 12.8. The molecule has 27 heavy (non-hydrogen) atoms. The molecule has 2 amide bonds. The molecule has 1 aliphatic carbocycles. The van der Waals surface area contributed by atoms with Gasteiger partial charge in [-0.15, -0.1) is 0 Å². The van der Waals surface area contributed by atoms with E-state index in [-0.39, 0.29) is 17.2 Å². The molecule has 0 unspecified atom stereocenters. The van der Waals surface area contributed by atoms with E-state index < -0.39 is 0 Å². The number of nitrogens with one attached hydrogen (secondary N) is 1. The molecule has 0 saturated heterocycles. The number of hydrogen-bond acceptors (Lipinski definition) is 2. The molecule has 1 aromatic carbocycles. The average Bonchev–Trinajstić information content (AvgIpc) is 2.62. The van der Waals surface area contributed by atoms with Gasteiger partial charge in [-0.3, -0.25) is 9.59 Å². The predicted molar refractivity (Wildman–Crippen MR) is 112 cm³/mol. The number of allylic oxidation sites excluding steroid dienone is 1. The van der Waals surface area contributed by atoms with Crippen LogP contribution in [0.1, 0.15) is 71.8 Å². The number of amides is 2. The Labute approximate surface area is 164 Å². The van der Waals surface area contributed by atoms with Gasteiger partial charge in [-0.1, -0.05) is 44.6 Å². The topological polar surface area (TPSA) is 49.4 Å². The molecule has 1 aliphatic rings. The smallest absolute Gasteiger partial charge is 0.223 e. The molecule has 0 spiro atoms. The zero-order valence-electron chi connectivity index (χ0n) is 17.3. The first kappa shape index (κ1) is 21.2. The fourth-order valence-electron chi connectivity index (χ4n) is 3.41. The molecule has 0 heterocycles. The molecule has 1 N–H and O–H groups in total. The Morgan fingerprint density at radius 2 is 1.81 bits per heavy atom. The van der Waals surface area contributed by atoms with E-state index in [4.69, 9.17) is 0 Å². The molecule has 4 heteroatoms. The third-order valence-corrected chi connectivity index (χ3v) is 5.14. The molecular weight excluding hydrogens is 336 g/mol. The van der Waals surface area contributed by atoms with Gasteiger partial charge >= 0.3 is 0 Å². The van der Waals surface area contributed by atoms with Crippen molar-refractivity contribution in [3.8, 4) is 0 Å². The van der Waals surface area contributed by atoms with Crippen LogP contribution < -0.4 is 10.2 Å². The molecule has 0 aliphatic heterocycles. The molecule has 148 valence electrons. The van der Waals surface area contributed by atoms with Crippen molar-refractivity contribution in [3.05, 3.63) is 41.5 Å². The van der Waals surface area contributed by atoms with Gasteiger partial charge in [0.2, 0.25) is 11.8 Å². The minimum Gasteiger partial charge on any atom is -0.356 e. The van der Waals surface area contributed by atoms with Crippen LogP contribution in [0.5, 0.6) is 0 Å². The van der Waals surface area contributed by atoms with E-state index in [0.29, 0.717) is 19.5 Å². The fraction of sp³-hybridized carbons (Fsp3) is 0.565. The van der Waals surface area contributed by atoms with Gasteiger partial charge in [-0.05, 0) is 55.2 Å².